The van der Waals surface area contributed by atoms with Gasteiger partial charge in [0.1, 0.15) is 0 Å². The molecule has 2 nitrogen and oxygen atoms in total. The van der Waals surface area contributed by atoms with Crippen molar-refractivity contribution >= 4 is 11.6 Å². The van der Waals surface area contributed by atoms with Crippen LogP contribution < -0.4 is 11.1 Å². The van der Waals surface area contributed by atoms with Crippen LogP contribution >= 0.6 is 11.6 Å². The van der Waals surface area contributed by atoms with Crippen LogP contribution in [0.2, 0.25) is 5.02 Å². The van der Waals surface area contributed by atoms with E-state index in [0.717, 1.165) is 5.56 Å². The second kappa shape index (κ2) is 4.28. The largest absolute Gasteiger partial charge is 0.226 e. The van der Waals surface area contributed by atoms with Crippen molar-refractivity contribution in [1.82, 2.24) is 11.1 Å². The average molecular weight is 175 g/mol. The molecule has 0 amide bonds. The first-order valence-electron chi connectivity index (χ1n) is 3.16. The maximum atomic E-state index is 11.4. The van der Waals surface area contributed by atoms with E-state index in [1.807, 2.05) is 12.1 Å². The smallest absolute Gasteiger partial charge is 0.0409 e. The van der Waals surface area contributed by atoms with Crippen molar-refractivity contribution in [3.8, 4) is 0 Å². The summed E-state index contributed by atoms with van der Waals surface area (Å²) in [5.41, 5.74) is 4.59. The highest BCUT2D eigenvalue weighted by Crippen LogP contribution is 2.09. The quantitative estimate of drug-likeness (QED) is 0.540. The molecule has 1 aromatic carbocycles. The molecule has 0 aliphatic carbocycles. The van der Waals surface area contributed by atoms with Crippen molar-refractivity contribution in [2.24, 2.45) is 0 Å². The van der Waals surface area contributed by atoms with Crippen molar-refractivity contribution in [2.45, 2.75) is 6.54 Å². The van der Waals surface area contributed by atoms with Crippen LogP contribution in [0.3, 0.4) is 0 Å². The van der Waals surface area contributed by atoms with E-state index in [0.29, 0.717) is 11.6 Å². The molecule has 60 valence electrons. The highest BCUT2D eigenvalue weighted by molar-refractivity contribution is 6.30. The van der Waals surface area contributed by atoms with Gasteiger partial charge in [0, 0.05) is 11.6 Å². The zero-order valence-corrected chi connectivity index (χ0v) is 6.53. The number of halogens is 2. The molecule has 0 spiro atoms. The molecule has 0 aliphatic rings. The lowest BCUT2D eigenvalue weighted by Gasteiger charge is -2.00. The fourth-order valence-corrected chi connectivity index (χ4v) is 0.995. The minimum Gasteiger partial charge on any atom is -0.226 e. The van der Waals surface area contributed by atoms with Crippen LogP contribution in [0.4, 0.5) is 4.48 Å². The predicted molar refractivity (Wildman–Crippen MR) is 42.5 cm³/mol. The molecular weight excluding hydrogens is 167 g/mol. The summed E-state index contributed by atoms with van der Waals surface area (Å²) in [6, 6.07) is 7.22. The molecule has 0 heterocycles. The molecule has 0 radical (unpaired) electrons. The van der Waals surface area contributed by atoms with Gasteiger partial charge in [0.05, 0.1) is 0 Å². The van der Waals surface area contributed by atoms with Gasteiger partial charge in [-0.2, -0.15) is 0 Å². The first-order valence-corrected chi connectivity index (χ1v) is 3.53. The number of rotatable bonds is 3. The number of hydrogen-bond acceptors (Lipinski definition) is 2. The lowest BCUT2D eigenvalue weighted by molar-refractivity contribution is 0.263. The Morgan fingerprint density at radius 3 is 2.91 bits per heavy atom. The van der Waals surface area contributed by atoms with E-state index >= 15 is 0 Å². The van der Waals surface area contributed by atoms with Crippen molar-refractivity contribution in [3.63, 3.8) is 0 Å². The second-order valence-electron chi connectivity index (χ2n) is 2.08. The number of hydrazine groups is 1. The van der Waals surface area contributed by atoms with E-state index in [-0.39, 0.29) is 0 Å². The Hall–Kier alpha value is -0.640. The fraction of sp³-hybridized carbons (Fsp3) is 0.143. The predicted octanol–water partition coefficient (Wildman–Crippen LogP) is 1.82. The van der Waals surface area contributed by atoms with Crippen molar-refractivity contribution in [3.05, 3.63) is 34.9 Å². The van der Waals surface area contributed by atoms with Gasteiger partial charge >= 0.3 is 0 Å². The number of benzene rings is 1. The van der Waals surface area contributed by atoms with Crippen LogP contribution in [0.25, 0.3) is 0 Å². The van der Waals surface area contributed by atoms with Crippen LogP contribution in [0.15, 0.2) is 24.3 Å². The lowest BCUT2D eigenvalue weighted by atomic mass is 10.2. The molecule has 4 heteroatoms. The highest BCUT2D eigenvalue weighted by atomic mass is 35.5. The summed E-state index contributed by atoms with van der Waals surface area (Å²) in [4.78, 5) is 0. The summed E-state index contributed by atoms with van der Waals surface area (Å²) >= 11 is 5.68. The minimum atomic E-state index is 0.414. The summed E-state index contributed by atoms with van der Waals surface area (Å²) in [5, 5.41) is 0.656. The van der Waals surface area contributed by atoms with Crippen molar-refractivity contribution in [2.75, 3.05) is 0 Å². The van der Waals surface area contributed by atoms with Crippen LogP contribution in [0.5, 0.6) is 0 Å². The second-order valence-corrected chi connectivity index (χ2v) is 2.51. The minimum absolute atomic E-state index is 0.414. The molecule has 0 saturated heterocycles. The topological polar surface area (TPSA) is 24.1 Å². The van der Waals surface area contributed by atoms with E-state index in [4.69, 9.17) is 11.6 Å². The zero-order valence-electron chi connectivity index (χ0n) is 5.77. The Balaban J connectivity index is 2.56. The molecule has 1 rings (SSSR count). The first-order chi connectivity index (χ1) is 5.33. The maximum absolute atomic E-state index is 11.4. The Labute approximate surface area is 69.3 Å². The van der Waals surface area contributed by atoms with E-state index < -0.39 is 0 Å². The van der Waals surface area contributed by atoms with Gasteiger partial charge in [-0.25, -0.2) is 5.43 Å². The normalized spacial score (nSPS) is 10.0. The van der Waals surface area contributed by atoms with E-state index in [2.05, 4.69) is 5.43 Å². The number of nitrogens with one attached hydrogen (secondary N) is 2. The van der Waals surface area contributed by atoms with Gasteiger partial charge in [-0.15, -0.1) is 4.48 Å². The van der Waals surface area contributed by atoms with Gasteiger partial charge in [0.2, 0.25) is 0 Å². The van der Waals surface area contributed by atoms with Crippen molar-refractivity contribution < 1.29 is 4.48 Å². The molecule has 0 aliphatic heterocycles. The third-order valence-corrected chi connectivity index (χ3v) is 1.48. The van der Waals surface area contributed by atoms with Gasteiger partial charge in [-0.05, 0) is 17.7 Å². The zero-order chi connectivity index (χ0) is 8.10. The standard InChI is InChI=1S/C7H8ClFN2/c8-7-3-1-2-6(4-7)5-10-11-9/h1-4,10-11H,5H2. The molecule has 0 fully saturated rings. The van der Waals surface area contributed by atoms with Crippen LogP contribution in [0, 0.1) is 0 Å². The molecule has 11 heavy (non-hydrogen) atoms. The van der Waals surface area contributed by atoms with Crippen LogP contribution in [-0.4, -0.2) is 0 Å². The summed E-state index contributed by atoms with van der Waals surface area (Å²) < 4.78 is 11.4. The summed E-state index contributed by atoms with van der Waals surface area (Å²) in [7, 11) is 0. The van der Waals surface area contributed by atoms with Gasteiger partial charge in [-0.3, -0.25) is 0 Å². The highest BCUT2D eigenvalue weighted by Gasteiger charge is 1.91. The summed E-state index contributed by atoms with van der Waals surface area (Å²) in [5.74, 6) is 0. The Morgan fingerprint density at radius 1 is 1.45 bits per heavy atom. The van der Waals surface area contributed by atoms with Gasteiger partial charge in [0.15, 0.2) is 0 Å². The average Bonchev–Trinajstić information content (AvgIpc) is 2.01. The van der Waals surface area contributed by atoms with Crippen LogP contribution in [-0.2, 0) is 6.54 Å². The molecule has 0 atom stereocenters. The monoisotopic (exact) mass is 174 g/mol. The van der Waals surface area contributed by atoms with E-state index in [9.17, 15) is 4.48 Å². The van der Waals surface area contributed by atoms with E-state index in [1.54, 1.807) is 12.1 Å². The maximum Gasteiger partial charge on any atom is 0.0409 e. The van der Waals surface area contributed by atoms with E-state index in [1.165, 1.54) is 5.65 Å². The molecule has 0 unspecified atom stereocenters. The molecular formula is C7H8ClFN2. The Morgan fingerprint density at radius 2 is 2.27 bits per heavy atom. The summed E-state index contributed by atoms with van der Waals surface area (Å²) in [6.07, 6.45) is 0. The van der Waals surface area contributed by atoms with Crippen LogP contribution in [0.1, 0.15) is 5.56 Å². The molecule has 2 N–H and O–H groups in total. The number of hydrogen-bond donors (Lipinski definition) is 2. The van der Waals surface area contributed by atoms with Crippen molar-refractivity contribution in [1.29, 1.82) is 0 Å². The molecule has 0 aromatic heterocycles. The third-order valence-electron chi connectivity index (χ3n) is 1.25. The van der Waals surface area contributed by atoms with Gasteiger partial charge in [0.25, 0.3) is 0 Å². The lowest BCUT2D eigenvalue weighted by Crippen LogP contribution is -2.22. The molecule has 1 aromatic rings. The Bertz CT molecular complexity index is 229. The van der Waals surface area contributed by atoms with Gasteiger partial charge < -0.3 is 0 Å². The first kappa shape index (κ1) is 8.46. The molecule has 0 bridgehead atoms. The third kappa shape index (κ3) is 2.84. The SMILES string of the molecule is FNNCc1cccc(Cl)c1. The fourth-order valence-electron chi connectivity index (χ4n) is 0.782. The molecule has 0 saturated carbocycles. The Kier molecular flexibility index (Phi) is 3.29. The summed E-state index contributed by atoms with van der Waals surface area (Å²) in [6.45, 7) is 0.414. The van der Waals surface area contributed by atoms with Gasteiger partial charge in [-0.1, -0.05) is 29.4 Å².